The first-order valence-corrected chi connectivity index (χ1v) is 26.0. The summed E-state index contributed by atoms with van der Waals surface area (Å²) >= 11 is 0. The van der Waals surface area contributed by atoms with E-state index in [0.29, 0.717) is 0 Å². The minimum Gasteiger partial charge on any atom is -0.334 e. The van der Waals surface area contributed by atoms with Crippen molar-refractivity contribution in [1.82, 2.24) is 0 Å². The lowest BCUT2D eigenvalue weighted by molar-refractivity contribution is 0.195. The van der Waals surface area contributed by atoms with Gasteiger partial charge in [0, 0.05) is 50.6 Å². The van der Waals surface area contributed by atoms with Crippen molar-refractivity contribution in [3.05, 3.63) is 172 Å². The summed E-state index contributed by atoms with van der Waals surface area (Å²) in [6, 6.07) is 51.0. The highest BCUT2D eigenvalue weighted by Crippen LogP contribution is 2.65. The lowest BCUT2D eigenvalue weighted by atomic mass is 9.32. The second-order valence-electron chi connectivity index (χ2n) is 25.5. The molecule has 346 valence electrons. The van der Waals surface area contributed by atoms with Gasteiger partial charge in [0.25, 0.3) is 6.71 Å². The van der Waals surface area contributed by atoms with Gasteiger partial charge in [0.05, 0.1) is 11.2 Å². The summed E-state index contributed by atoms with van der Waals surface area (Å²) in [5.74, 6) is 0. The summed E-state index contributed by atoms with van der Waals surface area (Å²) in [7, 11) is 0. The van der Waals surface area contributed by atoms with E-state index in [4.69, 9.17) is 0 Å². The molecule has 1 fully saturated rings. The van der Waals surface area contributed by atoms with E-state index in [1.807, 2.05) is 0 Å². The van der Waals surface area contributed by atoms with Crippen LogP contribution in [-0.2, 0) is 27.1 Å². The van der Waals surface area contributed by atoms with Gasteiger partial charge >= 0.3 is 0 Å². The van der Waals surface area contributed by atoms with Crippen LogP contribution in [0.2, 0.25) is 0 Å². The molecule has 7 aromatic rings. The lowest BCUT2D eigenvalue weighted by Gasteiger charge is -2.52. The molecule has 6 aliphatic rings. The number of nitrogens with zero attached hydrogens (tertiary/aromatic N) is 3. The Bertz CT molecular complexity index is 3390. The molecular weight excluding hydrogens is 834 g/mol. The molecule has 3 nitrogen and oxygen atoms in total. The Morgan fingerprint density at radius 1 is 0.478 bits per heavy atom. The van der Waals surface area contributed by atoms with E-state index < -0.39 is 0 Å². The zero-order valence-corrected chi connectivity index (χ0v) is 43.4. The van der Waals surface area contributed by atoms with Gasteiger partial charge in [-0.15, -0.1) is 0 Å². The highest BCUT2D eigenvalue weighted by Gasteiger charge is 2.59. The van der Waals surface area contributed by atoms with Crippen molar-refractivity contribution < 1.29 is 0 Å². The van der Waals surface area contributed by atoms with Crippen LogP contribution < -0.4 is 31.1 Å². The predicted octanol–water partition coefficient (Wildman–Crippen LogP) is 15.4. The van der Waals surface area contributed by atoms with Crippen molar-refractivity contribution in [1.29, 1.82) is 0 Å². The van der Waals surface area contributed by atoms with Crippen molar-refractivity contribution in [2.45, 2.75) is 148 Å². The van der Waals surface area contributed by atoms with Crippen molar-refractivity contribution in [3.63, 3.8) is 0 Å². The van der Waals surface area contributed by atoms with Crippen LogP contribution in [0, 0.1) is 6.92 Å². The van der Waals surface area contributed by atoms with Crippen LogP contribution in [0.4, 0.5) is 45.5 Å². The maximum atomic E-state index is 2.80. The fourth-order valence-electron chi connectivity index (χ4n) is 14.7. The number of hydrogen-bond acceptors (Lipinski definition) is 3. The summed E-state index contributed by atoms with van der Waals surface area (Å²) in [6.45, 7) is 31.4. The molecular formula is C65H68BN3. The number of anilines is 8. The molecule has 13 rings (SSSR count). The second-order valence-corrected chi connectivity index (χ2v) is 25.5. The SMILES string of the molecule is Cc1cc2c3c4c1C1(C)c5ccccc5-c5cccc(c51)N4c1cc(C(C)(C)C)ccc1B3c1ccc(N3c4ccc(C(C)(C)C)cc4C4(C)CCCCC34C)cc1N2c1cccc(C(C)(C)C)c1. The molecule has 0 spiro atoms. The summed E-state index contributed by atoms with van der Waals surface area (Å²) in [6.07, 6.45) is 4.89. The maximum absolute atomic E-state index is 2.80. The van der Waals surface area contributed by atoms with Gasteiger partial charge in [-0.2, -0.15) is 0 Å². The van der Waals surface area contributed by atoms with Crippen LogP contribution in [-0.4, -0.2) is 12.3 Å². The minimum atomic E-state index is -0.323. The first-order chi connectivity index (χ1) is 32.7. The average Bonchev–Trinajstić information content (AvgIpc) is 3.69. The van der Waals surface area contributed by atoms with Crippen LogP contribution in [0.1, 0.15) is 153 Å². The van der Waals surface area contributed by atoms with Crippen molar-refractivity contribution in [3.8, 4) is 11.1 Å². The third kappa shape index (κ3) is 5.47. The topological polar surface area (TPSA) is 9.72 Å². The van der Waals surface area contributed by atoms with E-state index in [-0.39, 0.29) is 39.3 Å². The Morgan fingerprint density at radius 3 is 1.87 bits per heavy atom. The van der Waals surface area contributed by atoms with E-state index in [9.17, 15) is 0 Å². The smallest absolute Gasteiger partial charge is 0.252 e. The van der Waals surface area contributed by atoms with Gasteiger partial charge in [-0.1, -0.05) is 161 Å². The molecule has 3 unspecified atom stereocenters. The molecule has 69 heavy (non-hydrogen) atoms. The van der Waals surface area contributed by atoms with E-state index >= 15 is 0 Å². The molecule has 7 aromatic carbocycles. The van der Waals surface area contributed by atoms with E-state index in [2.05, 4.69) is 232 Å². The number of aryl methyl sites for hydroxylation is 1. The zero-order valence-electron chi connectivity index (χ0n) is 43.4. The predicted molar refractivity (Wildman–Crippen MR) is 295 cm³/mol. The lowest BCUT2D eigenvalue weighted by Crippen LogP contribution is -2.62. The monoisotopic (exact) mass is 902 g/mol. The summed E-state index contributed by atoms with van der Waals surface area (Å²) < 4.78 is 0. The first-order valence-electron chi connectivity index (χ1n) is 26.0. The van der Waals surface area contributed by atoms with Gasteiger partial charge in [-0.3, -0.25) is 0 Å². The normalized spacial score (nSPS) is 22.4. The van der Waals surface area contributed by atoms with Gasteiger partial charge < -0.3 is 14.7 Å². The fraction of sp³-hybridized carbons (Fsp3) is 0.354. The summed E-state index contributed by atoms with van der Waals surface area (Å²) in [4.78, 5) is 8.19. The molecule has 0 saturated heterocycles. The molecule has 0 amide bonds. The van der Waals surface area contributed by atoms with E-state index in [1.165, 1.54) is 143 Å². The molecule has 0 bridgehead atoms. The highest BCUT2D eigenvalue weighted by molar-refractivity contribution is 7.00. The molecule has 4 heterocycles. The van der Waals surface area contributed by atoms with Gasteiger partial charge in [0.1, 0.15) is 0 Å². The van der Waals surface area contributed by atoms with E-state index in [1.54, 1.807) is 0 Å². The van der Waals surface area contributed by atoms with Crippen molar-refractivity contribution in [2.24, 2.45) is 0 Å². The fourth-order valence-corrected chi connectivity index (χ4v) is 14.7. The first kappa shape index (κ1) is 43.1. The minimum absolute atomic E-state index is 0.0172. The molecule has 0 aromatic heterocycles. The molecule has 0 N–H and O–H groups in total. The number of benzene rings is 7. The average molecular weight is 902 g/mol. The van der Waals surface area contributed by atoms with Gasteiger partial charge in [-0.25, -0.2) is 0 Å². The van der Waals surface area contributed by atoms with Crippen molar-refractivity contribution >= 4 is 68.6 Å². The molecule has 0 radical (unpaired) electrons. The third-order valence-electron chi connectivity index (χ3n) is 18.5. The van der Waals surface area contributed by atoms with Gasteiger partial charge in [0.15, 0.2) is 0 Å². The number of hydrogen-bond donors (Lipinski definition) is 0. The van der Waals surface area contributed by atoms with Crippen molar-refractivity contribution in [2.75, 3.05) is 14.7 Å². The molecule has 2 aliphatic carbocycles. The Kier molecular flexibility index (Phi) is 8.52. The van der Waals surface area contributed by atoms with Crippen LogP contribution in [0.25, 0.3) is 11.1 Å². The largest absolute Gasteiger partial charge is 0.334 e. The van der Waals surface area contributed by atoms with Crippen LogP contribution in [0.3, 0.4) is 0 Å². The Labute approximate surface area is 412 Å². The quantitative estimate of drug-likeness (QED) is 0.160. The zero-order chi connectivity index (χ0) is 48.1. The Hall–Kier alpha value is -6.00. The van der Waals surface area contributed by atoms with Crippen LogP contribution in [0.5, 0.6) is 0 Å². The van der Waals surface area contributed by atoms with E-state index in [0.717, 1.165) is 0 Å². The Balaban J connectivity index is 1.13. The number of rotatable bonds is 2. The van der Waals surface area contributed by atoms with Gasteiger partial charge in [0.2, 0.25) is 0 Å². The molecule has 4 heteroatoms. The molecule has 4 aliphatic heterocycles. The standard InChI is InChI=1S/C65H68BN3/c1-39-34-55-58-59-56(39)65(13)47-24-15-14-22-45(47)46-23-19-25-52(57(46)65)68(59)53-37-42(62(8,9)10)26-29-49(53)66(58)50-30-28-44(38-54(50)67(55)43-21-18-20-40(35-43)60(2,3)4)69-51-31-27-41(61(5,6)7)36-48(51)63(11)32-16-17-33-64(63,69)12/h14-15,18-31,34-38H,16-17,32-33H2,1-13H3. The Morgan fingerprint density at radius 2 is 1.12 bits per heavy atom. The highest BCUT2D eigenvalue weighted by atomic mass is 15.3. The van der Waals surface area contributed by atoms with Crippen LogP contribution in [0.15, 0.2) is 127 Å². The summed E-state index contributed by atoms with van der Waals surface area (Å²) in [5, 5.41) is 0. The summed E-state index contributed by atoms with van der Waals surface area (Å²) in [5.41, 5.74) is 28.3. The second kappa shape index (κ2) is 13.7. The third-order valence-corrected chi connectivity index (χ3v) is 18.5. The molecule has 1 saturated carbocycles. The molecule has 3 atom stereocenters. The van der Waals surface area contributed by atoms with Gasteiger partial charge in [-0.05, 0) is 170 Å². The van der Waals surface area contributed by atoms with Crippen LogP contribution >= 0.6 is 0 Å². The maximum Gasteiger partial charge on any atom is 0.252 e. The number of fused-ring (bicyclic) bond motifs is 13.